The number of nitrogens with two attached hydrogens (primary N) is 1. The molecule has 2 fully saturated rings. The molecule has 1 saturated heterocycles. The number of nitrogens with zero attached hydrogens (tertiary/aromatic N) is 4. The first-order chi connectivity index (χ1) is 14.8. The van der Waals surface area contributed by atoms with Gasteiger partial charge in [-0.1, -0.05) is 31.9 Å². The summed E-state index contributed by atoms with van der Waals surface area (Å²) in [5, 5.41) is 14.9. The fourth-order valence-electron chi connectivity index (χ4n) is 4.80. The maximum Gasteiger partial charge on any atom is 0.236 e. The first kappa shape index (κ1) is 21.5. The van der Waals surface area contributed by atoms with Crippen LogP contribution in [0.15, 0.2) is 39.9 Å². The Morgan fingerprint density at radius 3 is 2.81 bits per heavy atom. The summed E-state index contributed by atoms with van der Waals surface area (Å²) in [5.41, 5.74) is 10.2. The number of likely N-dealkylation sites (tertiary alicyclic amines) is 1. The highest BCUT2D eigenvalue weighted by molar-refractivity contribution is 7.10. The van der Waals surface area contributed by atoms with Crippen molar-refractivity contribution in [1.29, 1.82) is 5.41 Å². The van der Waals surface area contributed by atoms with Crippen molar-refractivity contribution in [3.05, 3.63) is 34.7 Å². The molecule has 3 heterocycles. The first-order valence-corrected chi connectivity index (χ1v) is 11.7. The van der Waals surface area contributed by atoms with E-state index in [2.05, 4.69) is 17.1 Å². The molecule has 0 spiro atoms. The molecule has 2 unspecified atom stereocenters. The number of thiophene rings is 1. The monoisotopic (exact) mass is 441 g/mol. The van der Waals surface area contributed by atoms with Gasteiger partial charge in [0.15, 0.2) is 5.96 Å². The van der Waals surface area contributed by atoms with Crippen molar-refractivity contribution in [2.45, 2.75) is 50.6 Å². The van der Waals surface area contributed by atoms with Crippen molar-refractivity contribution in [3.63, 3.8) is 0 Å². The highest BCUT2D eigenvalue weighted by atomic mass is 32.1. The van der Waals surface area contributed by atoms with Gasteiger partial charge in [-0.3, -0.25) is 9.69 Å². The van der Waals surface area contributed by atoms with Crippen LogP contribution in [-0.2, 0) is 10.3 Å². The van der Waals surface area contributed by atoms with E-state index >= 15 is 0 Å². The van der Waals surface area contributed by atoms with Gasteiger partial charge in [-0.15, -0.1) is 11.3 Å². The molecule has 8 nitrogen and oxygen atoms in total. The van der Waals surface area contributed by atoms with Crippen molar-refractivity contribution in [3.8, 4) is 0 Å². The van der Waals surface area contributed by atoms with Crippen molar-refractivity contribution < 1.29 is 4.79 Å². The van der Waals surface area contributed by atoms with Gasteiger partial charge in [-0.2, -0.15) is 5.10 Å². The molecular formula is C22H31N7OS. The fraction of sp³-hybridized carbons (Fsp3) is 0.545. The SMILES string of the molecule is C=C(/C(=N/NC1CCCCC1)C(C)=N)N1CC2C(=O)N(C)C(N)=NC2(c2cccs2)C1. The van der Waals surface area contributed by atoms with Crippen molar-refractivity contribution in [1.82, 2.24) is 15.2 Å². The number of fused-ring (bicyclic) bond motifs is 1. The van der Waals surface area contributed by atoms with Crippen LogP contribution in [0.1, 0.15) is 43.9 Å². The van der Waals surface area contributed by atoms with Gasteiger partial charge in [0.25, 0.3) is 0 Å². The van der Waals surface area contributed by atoms with Crippen molar-refractivity contribution in [2.24, 2.45) is 21.7 Å². The molecule has 2 atom stereocenters. The quantitative estimate of drug-likeness (QED) is 0.465. The Balaban J connectivity index is 1.62. The van der Waals surface area contributed by atoms with E-state index in [1.165, 1.54) is 24.2 Å². The number of aliphatic imine (C=N–C) groups is 1. The van der Waals surface area contributed by atoms with Gasteiger partial charge in [0.1, 0.15) is 11.3 Å². The zero-order chi connectivity index (χ0) is 22.2. The number of hydrogen-bond acceptors (Lipinski definition) is 8. The minimum Gasteiger partial charge on any atom is -0.369 e. The summed E-state index contributed by atoms with van der Waals surface area (Å²) >= 11 is 1.58. The normalized spacial score (nSPS) is 27.2. The zero-order valence-corrected chi connectivity index (χ0v) is 19.0. The molecule has 0 bridgehead atoms. The molecule has 1 aromatic heterocycles. The van der Waals surface area contributed by atoms with Crippen LogP contribution in [-0.4, -0.2) is 59.3 Å². The number of rotatable bonds is 6. The zero-order valence-electron chi connectivity index (χ0n) is 18.2. The smallest absolute Gasteiger partial charge is 0.236 e. The molecule has 0 aromatic carbocycles. The lowest BCUT2D eigenvalue weighted by Crippen LogP contribution is -2.54. The molecule has 1 amide bonds. The number of carbonyl (C=O) groups is 1. The Bertz CT molecular complexity index is 932. The number of hydrogen-bond donors (Lipinski definition) is 3. The van der Waals surface area contributed by atoms with E-state index in [0.717, 1.165) is 17.7 Å². The summed E-state index contributed by atoms with van der Waals surface area (Å²) in [6.45, 7) is 6.93. The molecule has 9 heteroatoms. The summed E-state index contributed by atoms with van der Waals surface area (Å²) in [7, 11) is 1.67. The van der Waals surface area contributed by atoms with Gasteiger partial charge in [-0.05, 0) is 31.2 Å². The highest BCUT2D eigenvalue weighted by Crippen LogP contribution is 2.46. The van der Waals surface area contributed by atoms with E-state index in [0.29, 0.717) is 36.3 Å². The third-order valence-corrected chi connectivity index (χ3v) is 7.66. The number of amides is 1. The number of guanidine groups is 1. The summed E-state index contributed by atoms with van der Waals surface area (Å²) in [6.07, 6.45) is 5.89. The standard InChI is InChI=1S/C22H31N7OS/c1-14(23)19(27-26-16-8-5-4-6-9-16)15(2)29-12-17-20(30)28(3)21(24)25-22(17,13-29)18-10-7-11-31-18/h7,10-11,16-17,23,26H,2,4-6,8-9,12-13H2,1,3H3,(H2,24,25)/b23-14?,27-19+. The minimum absolute atomic E-state index is 0.0402. The molecule has 2 aliphatic heterocycles. The van der Waals surface area contributed by atoms with E-state index in [-0.39, 0.29) is 17.8 Å². The maximum absolute atomic E-state index is 13.2. The summed E-state index contributed by atoms with van der Waals surface area (Å²) in [5.74, 6) is -0.168. The van der Waals surface area contributed by atoms with Crippen LogP contribution >= 0.6 is 11.3 Å². The Morgan fingerprint density at radius 2 is 2.16 bits per heavy atom. The topological polar surface area (TPSA) is 110 Å². The second-order valence-electron chi connectivity index (χ2n) is 8.70. The minimum atomic E-state index is -0.734. The average Bonchev–Trinajstić information content (AvgIpc) is 3.42. The maximum atomic E-state index is 13.2. The molecule has 0 radical (unpaired) electrons. The van der Waals surface area contributed by atoms with Crippen LogP contribution in [0.2, 0.25) is 0 Å². The molecule has 166 valence electrons. The summed E-state index contributed by atoms with van der Waals surface area (Å²) in [6, 6.07) is 4.33. The number of carbonyl (C=O) groups excluding carboxylic acids is 1. The molecule has 1 aromatic rings. The third-order valence-electron chi connectivity index (χ3n) is 6.62. The van der Waals surface area contributed by atoms with Gasteiger partial charge < -0.3 is 21.5 Å². The van der Waals surface area contributed by atoms with E-state index in [9.17, 15) is 4.79 Å². The first-order valence-electron chi connectivity index (χ1n) is 10.8. The van der Waals surface area contributed by atoms with E-state index in [1.54, 1.807) is 25.3 Å². The Hall–Kier alpha value is -2.68. The van der Waals surface area contributed by atoms with Crippen LogP contribution < -0.4 is 11.2 Å². The van der Waals surface area contributed by atoms with Crippen LogP contribution in [0.25, 0.3) is 0 Å². The second kappa shape index (κ2) is 8.45. The van der Waals surface area contributed by atoms with Crippen LogP contribution in [0.4, 0.5) is 0 Å². The van der Waals surface area contributed by atoms with Crippen LogP contribution in [0.3, 0.4) is 0 Å². The Kier molecular flexibility index (Phi) is 5.88. The molecule has 4 N–H and O–H groups in total. The lowest BCUT2D eigenvalue weighted by molar-refractivity contribution is -0.132. The molecular weight excluding hydrogens is 410 g/mol. The van der Waals surface area contributed by atoms with Gasteiger partial charge in [0, 0.05) is 31.1 Å². The molecule has 4 rings (SSSR count). The van der Waals surface area contributed by atoms with Gasteiger partial charge >= 0.3 is 0 Å². The van der Waals surface area contributed by atoms with Gasteiger partial charge in [-0.25, -0.2) is 4.99 Å². The molecule has 31 heavy (non-hydrogen) atoms. The summed E-state index contributed by atoms with van der Waals surface area (Å²) in [4.78, 5) is 22.5. The van der Waals surface area contributed by atoms with Gasteiger partial charge in [0.05, 0.1) is 17.3 Å². The average molecular weight is 442 g/mol. The predicted octanol–water partition coefficient (Wildman–Crippen LogP) is 2.49. The number of nitrogens with one attached hydrogen (secondary N) is 2. The van der Waals surface area contributed by atoms with E-state index in [1.807, 2.05) is 22.4 Å². The highest BCUT2D eigenvalue weighted by Gasteiger charge is 2.56. The third kappa shape index (κ3) is 3.86. The van der Waals surface area contributed by atoms with Crippen molar-refractivity contribution in [2.75, 3.05) is 20.1 Å². The van der Waals surface area contributed by atoms with Crippen molar-refractivity contribution >= 4 is 34.6 Å². The fourth-order valence-corrected chi connectivity index (χ4v) is 5.71. The second-order valence-corrected chi connectivity index (χ2v) is 9.65. The summed E-state index contributed by atoms with van der Waals surface area (Å²) < 4.78 is 0. The lowest BCUT2D eigenvalue weighted by atomic mass is 9.84. The van der Waals surface area contributed by atoms with Gasteiger partial charge in [0.2, 0.25) is 5.91 Å². The van der Waals surface area contributed by atoms with Crippen LogP contribution in [0.5, 0.6) is 0 Å². The van der Waals surface area contributed by atoms with E-state index in [4.69, 9.17) is 16.1 Å². The largest absolute Gasteiger partial charge is 0.369 e. The van der Waals surface area contributed by atoms with Crippen LogP contribution in [0, 0.1) is 11.3 Å². The Labute approximate surface area is 187 Å². The Morgan fingerprint density at radius 1 is 1.42 bits per heavy atom. The molecule has 1 saturated carbocycles. The number of hydrazone groups is 1. The number of allylic oxidation sites excluding steroid dienone is 1. The molecule has 3 aliphatic rings. The lowest BCUT2D eigenvalue weighted by Gasteiger charge is -2.36. The van der Waals surface area contributed by atoms with E-state index < -0.39 is 5.54 Å². The molecule has 1 aliphatic carbocycles. The predicted molar refractivity (Wildman–Crippen MR) is 125 cm³/mol.